The van der Waals surface area contributed by atoms with Crippen LogP contribution in [-0.4, -0.2) is 34.3 Å². The summed E-state index contributed by atoms with van der Waals surface area (Å²) in [5.74, 6) is -0.462. The minimum Gasteiger partial charge on any atom is -0.464 e. The molecule has 1 aromatic heterocycles. The van der Waals surface area contributed by atoms with E-state index in [1.165, 1.54) is 25.1 Å². The quantitative estimate of drug-likeness (QED) is 0.669. The highest BCUT2D eigenvalue weighted by Gasteiger charge is 2.15. The number of anilines is 1. The Morgan fingerprint density at radius 1 is 1.36 bits per heavy atom. The van der Waals surface area contributed by atoms with E-state index >= 15 is 0 Å². The van der Waals surface area contributed by atoms with E-state index in [9.17, 15) is 9.59 Å². The average molecular weight is 340 g/mol. The first-order chi connectivity index (χ1) is 10.5. The summed E-state index contributed by atoms with van der Waals surface area (Å²) in [6.07, 6.45) is 1.42. The largest absolute Gasteiger partial charge is 0.464 e. The number of methoxy groups -OCH3 is 1. The topological polar surface area (TPSA) is 73.2 Å². The number of hydrogen-bond acceptors (Lipinski definition) is 5. The summed E-state index contributed by atoms with van der Waals surface area (Å²) in [6, 6.07) is 6.85. The second kappa shape index (κ2) is 7.33. The molecule has 2 aromatic rings. The summed E-state index contributed by atoms with van der Waals surface area (Å²) >= 11 is 7.01. The van der Waals surface area contributed by atoms with Crippen LogP contribution in [0, 0.1) is 0 Å². The third-order valence-electron chi connectivity index (χ3n) is 2.80. The fourth-order valence-corrected chi connectivity index (χ4v) is 2.56. The maximum atomic E-state index is 11.9. The van der Waals surface area contributed by atoms with Gasteiger partial charge in [0.15, 0.2) is 5.16 Å². The number of hydrogen-bond donors (Lipinski definition) is 1. The number of thioether (sulfide) groups is 1. The van der Waals surface area contributed by atoms with Gasteiger partial charge in [-0.3, -0.25) is 4.79 Å². The molecule has 1 amide bonds. The molecule has 1 aromatic carbocycles. The van der Waals surface area contributed by atoms with Crippen molar-refractivity contribution in [1.29, 1.82) is 0 Å². The number of aromatic nitrogens is 2. The number of nitrogens with zero attached hydrogens (tertiary/aromatic N) is 2. The molecule has 116 valence electrons. The van der Waals surface area contributed by atoms with Gasteiger partial charge < -0.3 is 14.6 Å². The van der Waals surface area contributed by atoms with Gasteiger partial charge in [-0.1, -0.05) is 23.4 Å². The molecule has 1 N–H and O–H groups in total. The normalized spacial score (nSPS) is 10.3. The van der Waals surface area contributed by atoms with E-state index in [-0.39, 0.29) is 11.7 Å². The maximum Gasteiger partial charge on any atom is 0.356 e. The molecule has 22 heavy (non-hydrogen) atoms. The standard InChI is InChI=1S/C14H14ClN3O3S/c1-18-11(13(20)21-2)7-16-14(18)22-8-12(19)17-10-5-3-9(15)4-6-10/h3-7H,8H2,1-2H3,(H,17,19). The van der Waals surface area contributed by atoms with Crippen molar-refractivity contribution < 1.29 is 14.3 Å². The van der Waals surface area contributed by atoms with Crippen LogP contribution in [0.15, 0.2) is 35.6 Å². The molecule has 0 atom stereocenters. The first-order valence-electron chi connectivity index (χ1n) is 6.29. The van der Waals surface area contributed by atoms with Gasteiger partial charge in [0.2, 0.25) is 5.91 Å². The molecule has 0 aliphatic carbocycles. The lowest BCUT2D eigenvalue weighted by molar-refractivity contribution is -0.113. The van der Waals surface area contributed by atoms with Gasteiger partial charge in [0, 0.05) is 17.8 Å². The third-order valence-corrected chi connectivity index (χ3v) is 4.10. The summed E-state index contributed by atoms with van der Waals surface area (Å²) in [4.78, 5) is 27.5. The molecule has 1 heterocycles. The van der Waals surface area contributed by atoms with Crippen LogP contribution in [0.25, 0.3) is 0 Å². The van der Waals surface area contributed by atoms with Gasteiger partial charge >= 0.3 is 5.97 Å². The molecule has 0 fully saturated rings. The SMILES string of the molecule is COC(=O)c1cnc(SCC(=O)Nc2ccc(Cl)cc2)n1C. The van der Waals surface area contributed by atoms with E-state index < -0.39 is 5.97 Å². The summed E-state index contributed by atoms with van der Waals surface area (Å²) < 4.78 is 6.23. The lowest BCUT2D eigenvalue weighted by Gasteiger charge is -2.06. The number of ether oxygens (including phenoxy) is 1. The van der Waals surface area contributed by atoms with Crippen LogP contribution in [0.5, 0.6) is 0 Å². The number of imidazole rings is 1. The Morgan fingerprint density at radius 2 is 2.05 bits per heavy atom. The highest BCUT2D eigenvalue weighted by molar-refractivity contribution is 7.99. The number of carbonyl (C=O) groups is 2. The van der Waals surface area contributed by atoms with Crippen LogP contribution < -0.4 is 5.32 Å². The first kappa shape index (κ1) is 16.4. The molecular weight excluding hydrogens is 326 g/mol. The fraction of sp³-hybridized carbons (Fsp3) is 0.214. The minimum absolute atomic E-state index is 0.171. The van der Waals surface area contributed by atoms with E-state index in [0.717, 1.165) is 0 Å². The lowest BCUT2D eigenvalue weighted by atomic mass is 10.3. The van der Waals surface area contributed by atoms with Crippen molar-refractivity contribution >= 4 is 40.9 Å². The molecule has 0 aliphatic heterocycles. The highest BCUT2D eigenvalue weighted by Crippen LogP contribution is 2.19. The van der Waals surface area contributed by atoms with Crippen molar-refractivity contribution in [2.45, 2.75) is 5.16 Å². The van der Waals surface area contributed by atoms with Gasteiger partial charge in [0.25, 0.3) is 0 Å². The van der Waals surface area contributed by atoms with Crippen LogP contribution in [0.3, 0.4) is 0 Å². The van der Waals surface area contributed by atoms with E-state index in [0.29, 0.717) is 21.6 Å². The Hall–Kier alpha value is -1.99. The van der Waals surface area contributed by atoms with Gasteiger partial charge in [-0.25, -0.2) is 9.78 Å². The molecule has 0 saturated carbocycles. The molecule has 0 radical (unpaired) electrons. The van der Waals surface area contributed by atoms with E-state index in [1.54, 1.807) is 35.9 Å². The van der Waals surface area contributed by atoms with E-state index in [2.05, 4.69) is 15.0 Å². The van der Waals surface area contributed by atoms with E-state index in [4.69, 9.17) is 11.6 Å². The maximum absolute atomic E-state index is 11.9. The predicted octanol–water partition coefficient (Wildman–Crippen LogP) is 2.59. The van der Waals surface area contributed by atoms with Gasteiger partial charge in [-0.05, 0) is 24.3 Å². The van der Waals surface area contributed by atoms with Crippen molar-refractivity contribution in [3.63, 3.8) is 0 Å². The second-order valence-corrected chi connectivity index (χ2v) is 5.70. The Morgan fingerprint density at radius 3 is 2.68 bits per heavy atom. The zero-order valence-corrected chi connectivity index (χ0v) is 13.6. The van der Waals surface area contributed by atoms with Crippen molar-refractivity contribution in [3.8, 4) is 0 Å². The Labute approximate surface area is 136 Å². The average Bonchev–Trinajstić information content (AvgIpc) is 2.88. The number of rotatable bonds is 5. The highest BCUT2D eigenvalue weighted by atomic mass is 35.5. The van der Waals surface area contributed by atoms with Gasteiger partial charge in [-0.15, -0.1) is 0 Å². The number of nitrogens with one attached hydrogen (secondary N) is 1. The molecule has 8 heteroatoms. The zero-order chi connectivity index (χ0) is 16.1. The number of benzene rings is 1. The Kier molecular flexibility index (Phi) is 5.46. The van der Waals surface area contributed by atoms with Gasteiger partial charge in [0.05, 0.1) is 19.1 Å². The second-order valence-electron chi connectivity index (χ2n) is 4.32. The Balaban J connectivity index is 1.92. The van der Waals surface area contributed by atoms with Crippen molar-refractivity contribution in [3.05, 3.63) is 41.2 Å². The monoisotopic (exact) mass is 339 g/mol. The molecule has 0 bridgehead atoms. The van der Waals surface area contributed by atoms with Crippen molar-refractivity contribution in [2.75, 3.05) is 18.2 Å². The van der Waals surface area contributed by atoms with Crippen LogP contribution >= 0.6 is 23.4 Å². The first-order valence-corrected chi connectivity index (χ1v) is 7.66. The number of carbonyl (C=O) groups excluding carboxylic acids is 2. The van der Waals surface area contributed by atoms with Crippen LogP contribution in [-0.2, 0) is 16.6 Å². The third kappa shape index (κ3) is 4.02. The zero-order valence-electron chi connectivity index (χ0n) is 12.0. The number of amides is 1. The summed E-state index contributed by atoms with van der Waals surface area (Å²) in [5.41, 5.74) is 1.01. The molecule has 2 rings (SSSR count). The van der Waals surface area contributed by atoms with E-state index in [1.807, 2.05) is 0 Å². The molecule has 0 spiro atoms. The summed E-state index contributed by atoms with van der Waals surface area (Å²) in [7, 11) is 3.00. The molecular formula is C14H14ClN3O3S. The number of esters is 1. The van der Waals surface area contributed by atoms with Crippen LogP contribution in [0.4, 0.5) is 5.69 Å². The molecule has 6 nitrogen and oxygen atoms in total. The molecule has 0 unspecified atom stereocenters. The summed E-state index contributed by atoms with van der Waals surface area (Å²) in [5, 5.41) is 3.92. The summed E-state index contributed by atoms with van der Waals surface area (Å²) in [6.45, 7) is 0. The molecule has 0 saturated heterocycles. The lowest BCUT2D eigenvalue weighted by Crippen LogP contribution is -2.14. The van der Waals surface area contributed by atoms with Crippen LogP contribution in [0.1, 0.15) is 10.5 Å². The Bertz CT molecular complexity index is 685. The van der Waals surface area contributed by atoms with Gasteiger partial charge in [-0.2, -0.15) is 0 Å². The van der Waals surface area contributed by atoms with Crippen molar-refractivity contribution in [1.82, 2.24) is 9.55 Å². The molecule has 0 aliphatic rings. The van der Waals surface area contributed by atoms with Gasteiger partial charge in [0.1, 0.15) is 5.69 Å². The predicted molar refractivity (Wildman–Crippen MR) is 85.4 cm³/mol. The number of halogens is 1. The smallest absolute Gasteiger partial charge is 0.356 e. The van der Waals surface area contributed by atoms with Crippen molar-refractivity contribution in [2.24, 2.45) is 7.05 Å². The van der Waals surface area contributed by atoms with Crippen LogP contribution in [0.2, 0.25) is 5.02 Å². The minimum atomic E-state index is -0.465. The fourth-order valence-electron chi connectivity index (χ4n) is 1.68.